The molecule has 20 heavy (non-hydrogen) atoms. The van der Waals surface area contributed by atoms with Crippen LogP contribution in [-0.2, 0) is 16.6 Å². The second-order valence-corrected chi connectivity index (χ2v) is 7.18. The molecular formula is C14H21FN2O2S. The summed E-state index contributed by atoms with van der Waals surface area (Å²) >= 11 is 0. The predicted octanol–water partition coefficient (Wildman–Crippen LogP) is 2.10. The summed E-state index contributed by atoms with van der Waals surface area (Å²) in [6.45, 7) is 3.02. The third kappa shape index (κ3) is 3.37. The average molecular weight is 300 g/mol. The minimum Gasteiger partial charge on any atom is -0.326 e. The lowest BCUT2D eigenvalue weighted by molar-refractivity contribution is 0.392. The number of rotatable bonds is 7. The Labute approximate surface area is 119 Å². The molecule has 0 aliphatic heterocycles. The Kier molecular flexibility index (Phi) is 4.78. The van der Waals surface area contributed by atoms with E-state index in [2.05, 4.69) is 0 Å². The highest BCUT2D eigenvalue weighted by Crippen LogP contribution is 2.32. The van der Waals surface area contributed by atoms with Gasteiger partial charge in [-0.3, -0.25) is 0 Å². The SMILES string of the molecule is CCCN(CC1CC1)S(=O)(=O)c1cc(CN)ccc1F. The molecule has 112 valence electrons. The van der Waals surface area contributed by atoms with Crippen LogP contribution in [0, 0.1) is 11.7 Å². The maximum Gasteiger partial charge on any atom is 0.246 e. The Hall–Kier alpha value is -0.980. The first-order chi connectivity index (χ1) is 9.48. The zero-order valence-electron chi connectivity index (χ0n) is 11.7. The van der Waals surface area contributed by atoms with Gasteiger partial charge in [0.25, 0.3) is 0 Å². The van der Waals surface area contributed by atoms with Gasteiger partial charge >= 0.3 is 0 Å². The number of benzene rings is 1. The number of nitrogens with two attached hydrogens (primary N) is 1. The Morgan fingerprint density at radius 3 is 2.65 bits per heavy atom. The number of hydrogen-bond donors (Lipinski definition) is 1. The Morgan fingerprint density at radius 1 is 1.40 bits per heavy atom. The fourth-order valence-corrected chi connectivity index (χ4v) is 3.88. The zero-order valence-corrected chi connectivity index (χ0v) is 12.5. The predicted molar refractivity (Wildman–Crippen MR) is 76.1 cm³/mol. The van der Waals surface area contributed by atoms with E-state index in [1.165, 1.54) is 22.5 Å². The molecule has 1 aliphatic rings. The molecule has 2 N–H and O–H groups in total. The van der Waals surface area contributed by atoms with E-state index in [1.807, 2.05) is 6.92 Å². The number of hydrogen-bond acceptors (Lipinski definition) is 3. The van der Waals surface area contributed by atoms with E-state index in [1.54, 1.807) is 0 Å². The molecule has 2 rings (SSSR count). The van der Waals surface area contributed by atoms with Crippen molar-refractivity contribution in [1.82, 2.24) is 4.31 Å². The van der Waals surface area contributed by atoms with E-state index in [0.29, 0.717) is 31.0 Å². The van der Waals surface area contributed by atoms with Gasteiger partial charge in [0.15, 0.2) is 0 Å². The maximum atomic E-state index is 13.9. The van der Waals surface area contributed by atoms with Crippen LogP contribution in [0.3, 0.4) is 0 Å². The van der Waals surface area contributed by atoms with Crippen LogP contribution in [0.2, 0.25) is 0 Å². The van der Waals surface area contributed by atoms with Crippen molar-refractivity contribution in [3.8, 4) is 0 Å². The summed E-state index contributed by atoms with van der Waals surface area (Å²) in [5.41, 5.74) is 6.13. The molecule has 1 aromatic carbocycles. The van der Waals surface area contributed by atoms with Gasteiger partial charge in [-0.1, -0.05) is 13.0 Å². The molecule has 0 amide bonds. The fourth-order valence-electron chi connectivity index (χ4n) is 2.16. The smallest absolute Gasteiger partial charge is 0.246 e. The summed E-state index contributed by atoms with van der Waals surface area (Å²) in [5.74, 6) is -0.281. The van der Waals surface area contributed by atoms with Crippen LogP contribution in [-0.4, -0.2) is 25.8 Å². The molecule has 0 spiro atoms. The van der Waals surface area contributed by atoms with Gasteiger partial charge in [-0.25, -0.2) is 12.8 Å². The normalized spacial score (nSPS) is 15.8. The summed E-state index contributed by atoms with van der Waals surface area (Å²) in [5, 5.41) is 0. The second-order valence-electron chi connectivity index (χ2n) is 5.28. The van der Waals surface area contributed by atoms with E-state index in [9.17, 15) is 12.8 Å². The monoisotopic (exact) mass is 300 g/mol. The standard InChI is InChI=1S/C14H21FN2O2S/c1-2-7-17(10-11-3-4-11)20(18,19)14-8-12(9-16)5-6-13(14)15/h5-6,8,11H,2-4,7,9-10,16H2,1H3. The topological polar surface area (TPSA) is 63.4 Å². The summed E-state index contributed by atoms with van der Waals surface area (Å²) < 4.78 is 40.6. The second kappa shape index (κ2) is 6.20. The molecule has 0 heterocycles. The quantitative estimate of drug-likeness (QED) is 0.838. The summed E-state index contributed by atoms with van der Waals surface area (Å²) in [6, 6.07) is 4.04. The van der Waals surface area contributed by atoms with Crippen LogP contribution in [0.5, 0.6) is 0 Å². The fraction of sp³-hybridized carbons (Fsp3) is 0.571. The third-order valence-electron chi connectivity index (χ3n) is 3.48. The van der Waals surface area contributed by atoms with Crippen LogP contribution in [0.15, 0.2) is 23.1 Å². The lowest BCUT2D eigenvalue weighted by Crippen LogP contribution is -2.34. The molecule has 0 unspecified atom stereocenters. The van der Waals surface area contributed by atoms with Gasteiger partial charge in [-0.15, -0.1) is 0 Å². The Balaban J connectivity index is 2.35. The first-order valence-corrected chi connectivity index (χ1v) is 8.41. The number of sulfonamides is 1. The molecule has 1 saturated carbocycles. The molecule has 1 fully saturated rings. The number of nitrogens with zero attached hydrogens (tertiary/aromatic N) is 1. The van der Waals surface area contributed by atoms with Crippen molar-refractivity contribution in [3.05, 3.63) is 29.6 Å². The Bertz CT molecular complexity index is 571. The molecular weight excluding hydrogens is 279 g/mol. The molecule has 0 aromatic heterocycles. The van der Waals surface area contributed by atoms with E-state index in [4.69, 9.17) is 5.73 Å². The van der Waals surface area contributed by atoms with Crippen LogP contribution in [0.4, 0.5) is 4.39 Å². The van der Waals surface area contributed by atoms with Crippen molar-refractivity contribution in [2.75, 3.05) is 13.1 Å². The van der Waals surface area contributed by atoms with Gasteiger partial charge < -0.3 is 5.73 Å². The van der Waals surface area contributed by atoms with Crippen molar-refractivity contribution < 1.29 is 12.8 Å². The van der Waals surface area contributed by atoms with Crippen molar-refractivity contribution in [3.63, 3.8) is 0 Å². The molecule has 1 aliphatic carbocycles. The molecule has 0 bridgehead atoms. The van der Waals surface area contributed by atoms with Gasteiger partial charge in [0.1, 0.15) is 10.7 Å². The molecule has 4 nitrogen and oxygen atoms in total. The first-order valence-electron chi connectivity index (χ1n) is 6.97. The zero-order chi connectivity index (χ0) is 14.8. The van der Waals surface area contributed by atoms with Crippen molar-refractivity contribution >= 4 is 10.0 Å². The first kappa shape index (κ1) is 15.4. The van der Waals surface area contributed by atoms with E-state index >= 15 is 0 Å². The van der Waals surface area contributed by atoms with E-state index < -0.39 is 15.8 Å². The molecule has 0 saturated heterocycles. The number of halogens is 1. The highest BCUT2D eigenvalue weighted by atomic mass is 32.2. The minimum atomic E-state index is -3.78. The minimum absolute atomic E-state index is 0.194. The average Bonchev–Trinajstić information content (AvgIpc) is 3.22. The lowest BCUT2D eigenvalue weighted by atomic mass is 10.2. The highest BCUT2D eigenvalue weighted by molar-refractivity contribution is 7.89. The van der Waals surface area contributed by atoms with Crippen LogP contribution in [0.1, 0.15) is 31.7 Å². The van der Waals surface area contributed by atoms with Gasteiger partial charge in [-0.2, -0.15) is 4.31 Å². The van der Waals surface area contributed by atoms with Crippen LogP contribution >= 0.6 is 0 Å². The van der Waals surface area contributed by atoms with E-state index in [-0.39, 0.29) is 11.4 Å². The molecule has 0 radical (unpaired) electrons. The maximum absolute atomic E-state index is 13.9. The van der Waals surface area contributed by atoms with E-state index in [0.717, 1.165) is 12.8 Å². The van der Waals surface area contributed by atoms with Crippen LogP contribution < -0.4 is 5.73 Å². The van der Waals surface area contributed by atoms with Crippen LogP contribution in [0.25, 0.3) is 0 Å². The van der Waals surface area contributed by atoms with Gasteiger partial charge in [0.2, 0.25) is 10.0 Å². The highest BCUT2D eigenvalue weighted by Gasteiger charge is 2.32. The van der Waals surface area contributed by atoms with Gasteiger partial charge in [0, 0.05) is 19.6 Å². The summed E-state index contributed by atoms with van der Waals surface area (Å²) in [4.78, 5) is -0.255. The molecule has 1 aromatic rings. The third-order valence-corrected chi connectivity index (χ3v) is 5.36. The molecule has 0 atom stereocenters. The molecule has 6 heteroatoms. The van der Waals surface area contributed by atoms with Crippen molar-refractivity contribution in [1.29, 1.82) is 0 Å². The Morgan fingerprint density at radius 2 is 2.10 bits per heavy atom. The van der Waals surface area contributed by atoms with Crippen molar-refractivity contribution in [2.45, 2.75) is 37.6 Å². The largest absolute Gasteiger partial charge is 0.326 e. The van der Waals surface area contributed by atoms with Crippen molar-refractivity contribution in [2.24, 2.45) is 11.7 Å². The summed E-state index contributed by atoms with van der Waals surface area (Å²) in [7, 11) is -3.78. The van der Waals surface area contributed by atoms with Gasteiger partial charge in [0.05, 0.1) is 0 Å². The lowest BCUT2D eigenvalue weighted by Gasteiger charge is -2.22. The van der Waals surface area contributed by atoms with Gasteiger partial charge in [-0.05, 0) is 42.9 Å². The summed E-state index contributed by atoms with van der Waals surface area (Å²) in [6.07, 6.45) is 2.83.